The van der Waals surface area contributed by atoms with Crippen LogP contribution in [0.4, 0.5) is 11.4 Å². The SMILES string of the molecule is Cc1ccc2c(c1)N(CCC(c1ccccn1)S(=O)(=O)O)c1ccccc1S2. The summed E-state index contributed by atoms with van der Waals surface area (Å²) < 4.78 is 33.9. The van der Waals surface area contributed by atoms with E-state index in [1.54, 1.807) is 36.2 Å². The van der Waals surface area contributed by atoms with Gasteiger partial charge in [-0.05, 0) is 55.3 Å². The van der Waals surface area contributed by atoms with Crippen LogP contribution in [-0.2, 0) is 10.1 Å². The van der Waals surface area contributed by atoms with E-state index in [2.05, 4.69) is 34.1 Å². The van der Waals surface area contributed by atoms with Crippen LogP contribution in [0, 0.1) is 6.92 Å². The molecule has 5 nitrogen and oxygen atoms in total. The van der Waals surface area contributed by atoms with Gasteiger partial charge in [-0.1, -0.05) is 36.0 Å². The fourth-order valence-electron chi connectivity index (χ4n) is 3.44. The van der Waals surface area contributed by atoms with Crippen LogP contribution < -0.4 is 4.90 Å². The lowest BCUT2D eigenvalue weighted by molar-refractivity contribution is 0.463. The Morgan fingerprint density at radius 1 is 1.04 bits per heavy atom. The van der Waals surface area contributed by atoms with Gasteiger partial charge in [0, 0.05) is 22.5 Å². The van der Waals surface area contributed by atoms with Gasteiger partial charge in [0.25, 0.3) is 10.1 Å². The van der Waals surface area contributed by atoms with Crippen LogP contribution in [0.15, 0.2) is 76.7 Å². The molecule has 0 bridgehead atoms. The zero-order chi connectivity index (χ0) is 19.7. The molecule has 1 aromatic heterocycles. The summed E-state index contributed by atoms with van der Waals surface area (Å²) >= 11 is 1.71. The van der Waals surface area contributed by atoms with Crippen molar-refractivity contribution in [3.8, 4) is 0 Å². The topological polar surface area (TPSA) is 70.5 Å². The van der Waals surface area contributed by atoms with E-state index < -0.39 is 15.4 Å². The highest BCUT2D eigenvalue weighted by Gasteiger charge is 2.29. The van der Waals surface area contributed by atoms with Gasteiger partial charge in [0.1, 0.15) is 5.25 Å². The van der Waals surface area contributed by atoms with Crippen molar-refractivity contribution < 1.29 is 13.0 Å². The van der Waals surface area contributed by atoms with E-state index in [1.165, 1.54) is 0 Å². The lowest BCUT2D eigenvalue weighted by atomic mass is 10.1. The van der Waals surface area contributed by atoms with Crippen molar-refractivity contribution in [2.45, 2.75) is 28.4 Å². The molecule has 0 saturated heterocycles. The molecule has 144 valence electrons. The maximum atomic E-state index is 12.0. The smallest absolute Gasteiger partial charge is 0.273 e. The summed E-state index contributed by atoms with van der Waals surface area (Å²) in [5.41, 5.74) is 3.59. The van der Waals surface area contributed by atoms with Crippen LogP contribution in [-0.4, -0.2) is 24.5 Å². The molecule has 1 unspecified atom stereocenters. The zero-order valence-electron chi connectivity index (χ0n) is 15.3. The highest BCUT2D eigenvalue weighted by Crippen LogP contribution is 2.48. The third-order valence-electron chi connectivity index (χ3n) is 4.77. The summed E-state index contributed by atoms with van der Waals surface area (Å²) in [5.74, 6) is 0. The lowest BCUT2D eigenvalue weighted by Crippen LogP contribution is -2.25. The Kier molecular flexibility index (Phi) is 5.14. The fraction of sp³-hybridized carbons (Fsp3) is 0.190. The van der Waals surface area contributed by atoms with E-state index in [0.717, 1.165) is 26.7 Å². The van der Waals surface area contributed by atoms with E-state index >= 15 is 0 Å². The third-order valence-corrected chi connectivity index (χ3v) is 7.10. The summed E-state index contributed by atoms with van der Waals surface area (Å²) in [4.78, 5) is 8.54. The molecule has 0 saturated carbocycles. The molecule has 1 aliphatic heterocycles. The van der Waals surface area contributed by atoms with E-state index in [9.17, 15) is 13.0 Å². The van der Waals surface area contributed by atoms with Crippen molar-refractivity contribution in [1.29, 1.82) is 0 Å². The van der Waals surface area contributed by atoms with Crippen molar-refractivity contribution in [2.24, 2.45) is 0 Å². The number of anilines is 2. The van der Waals surface area contributed by atoms with Crippen molar-refractivity contribution in [3.05, 3.63) is 78.1 Å². The van der Waals surface area contributed by atoms with Gasteiger partial charge < -0.3 is 4.90 Å². The Labute approximate surface area is 169 Å². The lowest BCUT2D eigenvalue weighted by Gasteiger charge is -2.33. The molecule has 7 heteroatoms. The molecule has 2 heterocycles. The Bertz CT molecular complexity index is 1100. The molecule has 4 rings (SSSR count). The molecule has 3 aromatic rings. The summed E-state index contributed by atoms with van der Waals surface area (Å²) in [6, 6.07) is 19.5. The molecule has 2 aromatic carbocycles. The number of hydrogen-bond acceptors (Lipinski definition) is 5. The second-order valence-electron chi connectivity index (χ2n) is 6.74. The van der Waals surface area contributed by atoms with Crippen molar-refractivity contribution in [2.75, 3.05) is 11.4 Å². The van der Waals surface area contributed by atoms with Gasteiger partial charge in [-0.15, -0.1) is 0 Å². The van der Waals surface area contributed by atoms with Gasteiger partial charge in [-0.3, -0.25) is 9.54 Å². The minimum atomic E-state index is -4.28. The van der Waals surface area contributed by atoms with Gasteiger partial charge in [0.05, 0.1) is 17.1 Å². The third kappa shape index (κ3) is 3.78. The van der Waals surface area contributed by atoms with Crippen LogP contribution in [0.3, 0.4) is 0 Å². The molecule has 0 amide bonds. The molecule has 1 N–H and O–H groups in total. The number of fused-ring (bicyclic) bond motifs is 2. The van der Waals surface area contributed by atoms with Crippen LogP contribution in [0.5, 0.6) is 0 Å². The van der Waals surface area contributed by atoms with Gasteiger partial charge in [0.2, 0.25) is 0 Å². The maximum absolute atomic E-state index is 12.0. The molecular weight excluding hydrogens is 392 g/mol. The van der Waals surface area contributed by atoms with Crippen LogP contribution in [0.2, 0.25) is 0 Å². The number of nitrogens with zero attached hydrogens (tertiary/aromatic N) is 2. The second kappa shape index (κ2) is 7.58. The van der Waals surface area contributed by atoms with Crippen LogP contribution in [0.1, 0.15) is 22.9 Å². The van der Waals surface area contributed by atoms with E-state index in [4.69, 9.17) is 0 Å². The van der Waals surface area contributed by atoms with Crippen molar-refractivity contribution >= 4 is 33.3 Å². The number of aromatic nitrogens is 1. The average Bonchev–Trinajstić information content (AvgIpc) is 2.67. The van der Waals surface area contributed by atoms with E-state index in [-0.39, 0.29) is 6.42 Å². The first-order chi connectivity index (χ1) is 13.4. The van der Waals surface area contributed by atoms with Gasteiger partial charge in [0.15, 0.2) is 0 Å². The molecule has 0 spiro atoms. The fourth-order valence-corrected chi connectivity index (χ4v) is 5.37. The number of para-hydroxylation sites is 1. The molecular formula is C21H20N2O3S2. The highest BCUT2D eigenvalue weighted by atomic mass is 32.2. The first-order valence-electron chi connectivity index (χ1n) is 8.96. The highest BCUT2D eigenvalue weighted by molar-refractivity contribution is 7.99. The van der Waals surface area contributed by atoms with Crippen molar-refractivity contribution in [1.82, 2.24) is 4.98 Å². The second-order valence-corrected chi connectivity index (χ2v) is 9.42. The molecule has 0 radical (unpaired) electrons. The van der Waals surface area contributed by atoms with Gasteiger partial charge >= 0.3 is 0 Å². The Hall–Kier alpha value is -2.35. The number of benzene rings is 2. The molecule has 0 fully saturated rings. The van der Waals surface area contributed by atoms with Gasteiger partial charge in [-0.2, -0.15) is 8.42 Å². The minimum absolute atomic E-state index is 0.224. The number of aryl methyl sites for hydroxylation is 1. The normalized spacial score (nSPS) is 14.3. The largest absolute Gasteiger partial charge is 0.340 e. The number of rotatable bonds is 5. The summed E-state index contributed by atoms with van der Waals surface area (Å²) in [6.45, 7) is 2.48. The standard InChI is InChI=1S/C21H20N2O3S2/c1-15-9-10-20-18(14-15)23(17-7-2-3-8-19(17)27-20)13-11-21(28(24,25)26)16-6-4-5-12-22-16/h2-10,12,14,21H,11,13H2,1H3,(H,24,25,26). The Morgan fingerprint density at radius 3 is 2.54 bits per heavy atom. The van der Waals surface area contributed by atoms with Crippen molar-refractivity contribution in [3.63, 3.8) is 0 Å². The van der Waals surface area contributed by atoms with E-state index in [0.29, 0.717) is 12.2 Å². The van der Waals surface area contributed by atoms with E-state index in [1.807, 2.05) is 25.1 Å². The quantitative estimate of drug-likeness (QED) is 0.594. The summed E-state index contributed by atoms with van der Waals surface area (Å²) in [5, 5.41) is -1.07. The molecule has 0 aliphatic carbocycles. The average molecular weight is 413 g/mol. The van der Waals surface area contributed by atoms with Gasteiger partial charge in [-0.25, -0.2) is 0 Å². The van der Waals surface area contributed by atoms with Crippen LogP contribution in [0.25, 0.3) is 0 Å². The Morgan fingerprint density at radius 2 is 1.79 bits per heavy atom. The zero-order valence-corrected chi connectivity index (χ0v) is 17.0. The molecule has 1 atom stereocenters. The predicted octanol–water partition coefficient (Wildman–Crippen LogP) is 5.01. The maximum Gasteiger partial charge on any atom is 0.273 e. The predicted molar refractivity (Wildman–Crippen MR) is 112 cm³/mol. The first kappa shape index (κ1) is 19.0. The van der Waals surface area contributed by atoms with Crippen LogP contribution >= 0.6 is 11.8 Å². The number of hydrogen-bond donors (Lipinski definition) is 1. The minimum Gasteiger partial charge on any atom is -0.340 e. The number of pyridine rings is 1. The summed E-state index contributed by atoms with van der Waals surface area (Å²) in [6.07, 6.45) is 1.77. The molecule has 1 aliphatic rings. The monoisotopic (exact) mass is 412 g/mol. The molecule has 28 heavy (non-hydrogen) atoms. The Balaban J connectivity index is 1.70. The summed E-state index contributed by atoms with van der Waals surface area (Å²) in [7, 11) is -4.28. The first-order valence-corrected chi connectivity index (χ1v) is 11.3.